The first-order valence-electron chi connectivity index (χ1n) is 9.24. The summed E-state index contributed by atoms with van der Waals surface area (Å²) < 4.78 is 0. The molecular formula is C22H22N4O. The van der Waals surface area contributed by atoms with Crippen LogP contribution in [0.5, 0.6) is 0 Å². The van der Waals surface area contributed by atoms with Crippen molar-refractivity contribution in [2.75, 3.05) is 23.4 Å². The SMILES string of the molecule is Cc1cc(N2CCCC2CO)c2ccc(Nc3ccc(C#N)cc3)cc2n1. The van der Waals surface area contributed by atoms with Crippen molar-refractivity contribution in [1.82, 2.24) is 4.98 Å². The number of aryl methyl sites for hydroxylation is 1. The van der Waals surface area contributed by atoms with E-state index in [4.69, 9.17) is 10.2 Å². The molecule has 1 fully saturated rings. The van der Waals surface area contributed by atoms with E-state index < -0.39 is 0 Å². The fourth-order valence-electron chi connectivity index (χ4n) is 3.79. The number of pyridine rings is 1. The minimum absolute atomic E-state index is 0.182. The lowest BCUT2D eigenvalue weighted by atomic mass is 10.1. The van der Waals surface area contributed by atoms with Crippen LogP contribution in [-0.2, 0) is 0 Å². The number of aliphatic hydroxyl groups is 1. The van der Waals surface area contributed by atoms with Crippen molar-refractivity contribution < 1.29 is 5.11 Å². The van der Waals surface area contributed by atoms with Crippen LogP contribution in [0.3, 0.4) is 0 Å². The lowest BCUT2D eigenvalue weighted by Crippen LogP contribution is -2.32. The van der Waals surface area contributed by atoms with Gasteiger partial charge in [-0.2, -0.15) is 5.26 Å². The largest absolute Gasteiger partial charge is 0.394 e. The predicted octanol–water partition coefficient (Wildman–Crippen LogP) is 4.12. The molecule has 2 aromatic carbocycles. The van der Waals surface area contributed by atoms with Crippen LogP contribution in [0.15, 0.2) is 48.5 Å². The number of nitrogens with zero attached hydrogens (tertiary/aromatic N) is 3. The van der Waals surface area contributed by atoms with Gasteiger partial charge in [0.05, 0.1) is 29.8 Å². The van der Waals surface area contributed by atoms with E-state index in [1.807, 2.05) is 31.2 Å². The molecule has 0 radical (unpaired) electrons. The second-order valence-electron chi connectivity index (χ2n) is 7.00. The van der Waals surface area contributed by atoms with Crippen molar-refractivity contribution in [3.8, 4) is 6.07 Å². The molecule has 2 N–H and O–H groups in total. The third kappa shape index (κ3) is 3.44. The lowest BCUT2D eigenvalue weighted by Gasteiger charge is -2.27. The second-order valence-corrected chi connectivity index (χ2v) is 7.00. The number of hydrogen-bond donors (Lipinski definition) is 2. The summed E-state index contributed by atoms with van der Waals surface area (Å²) in [5, 5.41) is 23.1. The van der Waals surface area contributed by atoms with Crippen LogP contribution in [0.4, 0.5) is 17.1 Å². The van der Waals surface area contributed by atoms with E-state index in [1.54, 1.807) is 12.1 Å². The van der Waals surface area contributed by atoms with Crippen LogP contribution < -0.4 is 10.2 Å². The number of benzene rings is 2. The Labute approximate surface area is 158 Å². The highest BCUT2D eigenvalue weighted by Crippen LogP contribution is 2.33. The van der Waals surface area contributed by atoms with Crippen molar-refractivity contribution in [1.29, 1.82) is 5.26 Å². The number of rotatable bonds is 4. The number of anilines is 3. The number of aliphatic hydroxyl groups excluding tert-OH is 1. The highest BCUT2D eigenvalue weighted by molar-refractivity contribution is 5.94. The van der Waals surface area contributed by atoms with Gasteiger partial charge in [0.15, 0.2) is 0 Å². The number of nitriles is 1. The predicted molar refractivity (Wildman–Crippen MR) is 108 cm³/mol. The fraction of sp³-hybridized carbons (Fsp3) is 0.273. The monoisotopic (exact) mass is 358 g/mol. The first-order chi connectivity index (χ1) is 13.2. The van der Waals surface area contributed by atoms with Crippen LogP contribution in [0.2, 0.25) is 0 Å². The highest BCUT2D eigenvalue weighted by atomic mass is 16.3. The molecule has 5 nitrogen and oxygen atoms in total. The molecule has 136 valence electrons. The Morgan fingerprint density at radius 3 is 2.70 bits per heavy atom. The summed E-state index contributed by atoms with van der Waals surface area (Å²) in [6.45, 7) is 3.16. The van der Waals surface area contributed by atoms with Crippen LogP contribution >= 0.6 is 0 Å². The van der Waals surface area contributed by atoms with Gasteiger partial charge in [0.1, 0.15) is 0 Å². The molecule has 5 heteroatoms. The maximum atomic E-state index is 9.70. The lowest BCUT2D eigenvalue weighted by molar-refractivity contribution is 0.266. The van der Waals surface area contributed by atoms with E-state index in [0.29, 0.717) is 5.56 Å². The molecule has 2 heterocycles. The maximum absolute atomic E-state index is 9.70. The molecular weight excluding hydrogens is 336 g/mol. The quantitative estimate of drug-likeness (QED) is 0.734. The van der Waals surface area contributed by atoms with Crippen molar-refractivity contribution >= 4 is 28.0 Å². The molecule has 0 spiro atoms. The molecule has 1 saturated heterocycles. The van der Waals surface area contributed by atoms with Gasteiger partial charge in [-0.25, -0.2) is 0 Å². The number of fused-ring (bicyclic) bond motifs is 1. The first kappa shape index (κ1) is 17.3. The molecule has 0 aliphatic carbocycles. The average Bonchev–Trinajstić information content (AvgIpc) is 3.16. The zero-order valence-corrected chi connectivity index (χ0v) is 15.3. The fourth-order valence-corrected chi connectivity index (χ4v) is 3.79. The van der Waals surface area contributed by atoms with E-state index in [1.165, 1.54) is 0 Å². The normalized spacial score (nSPS) is 16.5. The molecule has 4 rings (SSSR count). The van der Waals surface area contributed by atoms with Crippen molar-refractivity contribution in [3.63, 3.8) is 0 Å². The van der Waals surface area contributed by atoms with Crippen molar-refractivity contribution in [3.05, 3.63) is 59.8 Å². The van der Waals surface area contributed by atoms with E-state index in [2.05, 4.69) is 28.4 Å². The van der Waals surface area contributed by atoms with E-state index in [0.717, 1.165) is 53.0 Å². The Bertz CT molecular complexity index is 1010. The zero-order valence-electron chi connectivity index (χ0n) is 15.3. The Morgan fingerprint density at radius 1 is 1.19 bits per heavy atom. The van der Waals surface area contributed by atoms with Crippen molar-refractivity contribution in [2.45, 2.75) is 25.8 Å². The smallest absolute Gasteiger partial charge is 0.0991 e. The average molecular weight is 358 g/mol. The topological polar surface area (TPSA) is 72.2 Å². The summed E-state index contributed by atoms with van der Waals surface area (Å²) in [5.74, 6) is 0. The summed E-state index contributed by atoms with van der Waals surface area (Å²) in [6.07, 6.45) is 2.13. The summed E-state index contributed by atoms with van der Waals surface area (Å²) in [5.41, 5.74) is 5.59. The van der Waals surface area contributed by atoms with Gasteiger partial charge in [-0.05, 0) is 68.3 Å². The van der Waals surface area contributed by atoms with Crippen LogP contribution in [-0.4, -0.2) is 29.3 Å². The Balaban J connectivity index is 1.69. The Hall–Kier alpha value is -3.10. The van der Waals surface area contributed by atoms with E-state index >= 15 is 0 Å². The van der Waals surface area contributed by atoms with E-state index in [9.17, 15) is 5.11 Å². The number of nitrogens with one attached hydrogen (secondary N) is 1. The third-order valence-corrected chi connectivity index (χ3v) is 5.12. The Morgan fingerprint density at radius 2 is 1.96 bits per heavy atom. The summed E-state index contributed by atoms with van der Waals surface area (Å²) in [7, 11) is 0. The van der Waals surface area contributed by atoms with Gasteiger partial charge in [0, 0.05) is 34.7 Å². The van der Waals surface area contributed by atoms with Gasteiger partial charge >= 0.3 is 0 Å². The second kappa shape index (κ2) is 7.26. The molecule has 1 aromatic heterocycles. The van der Waals surface area contributed by atoms with Crippen LogP contribution in [0.25, 0.3) is 10.9 Å². The molecule has 0 saturated carbocycles. The van der Waals surface area contributed by atoms with Gasteiger partial charge in [-0.1, -0.05) is 0 Å². The summed E-state index contributed by atoms with van der Waals surface area (Å²) >= 11 is 0. The minimum Gasteiger partial charge on any atom is -0.394 e. The zero-order chi connectivity index (χ0) is 18.8. The standard InChI is InChI=1S/C22H22N4O/c1-15-11-22(26-10-2-3-19(26)14-27)20-9-8-18(12-21(20)24-15)25-17-6-4-16(13-23)5-7-17/h4-9,11-12,19,25,27H,2-3,10,14H2,1H3. The number of aromatic nitrogens is 1. The van der Waals surface area contributed by atoms with Crippen molar-refractivity contribution in [2.24, 2.45) is 0 Å². The molecule has 0 bridgehead atoms. The van der Waals surface area contributed by atoms with Gasteiger partial charge < -0.3 is 15.3 Å². The number of hydrogen-bond acceptors (Lipinski definition) is 5. The third-order valence-electron chi connectivity index (χ3n) is 5.12. The summed E-state index contributed by atoms with van der Waals surface area (Å²) in [4.78, 5) is 7.03. The first-order valence-corrected chi connectivity index (χ1v) is 9.24. The van der Waals surface area contributed by atoms with Gasteiger partial charge in [-0.15, -0.1) is 0 Å². The molecule has 1 atom stereocenters. The summed E-state index contributed by atoms with van der Waals surface area (Å²) in [6, 6.07) is 18.0. The molecule has 3 aromatic rings. The van der Waals surface area contributed by atoms with Crippen LogP contribution in [0.1, 0.15) is 24.1 Å². The molecule has 27 heavy (non-hydrogen) atoms. The van der Waals surface area contributed by atoms with Gasteiger partial charge in [0.2, 0.25) is 0 Å². The Kier molecular flexibility index (Phi) is 4.66. The molecule has 1 unspecified atom stereocenters. The minimum atomic E-state index is 0.182. The molecule has 1 aliphatic rings. The molecule has 0 amide bonds. The maximum Gasteiger partial charge on any atom is 0.0991 e. The van der Waals surface area contributed by atoms with Gasteiger partial charge in [-0.3, -0.25) is 4.98 Å². The molecule has 1 aliphatic heterocycles. The van der Waals surface area contributed by atoms with Gasteiger partial charge in [0.25, 0.3) is 0 Å². The van der Waals surface area contributed by atoms with Crippen LogP contribution in [0, 0.1) is 18.3 Å². The van der Waals surface area contributed by atoms with E-state index in [-0.39, 0.29) is 12.6 Å². The highest BCUT2D eigenvalue weighted by Gasteiger charge is 2.25.